The Morgan fingerprint density at radius 2 is 2.08 bits per heavy atom. The normalized spacial score (nSPS) is 20.5. The summed E-state index contributed by atoms with van der Waals surface area (Å²) in [5, 5.41) is 11.5. The number of carboxylic acid groups (broad SMARTS) is 1. The van der Waals surface area contributed by atoms with Crippen molar-refractivity contribution < 1.29 is 23.9 Å². The second-order valence-corrected chi connectivity index (χ2v) is 6.02. The summed E-state index contributed by atoms with van der Waals surface area (Å²) in [7, 11) is 0. The summed E-state index contributed by atoms with van der Waals surface area (Å²) in [5.41, 5.74) is 0.481. The number of carbonyl (C=O) groups is 3. The lowest BCUT2D eigenvalue weighted by Gasteiger charge is -2.19. The third-order valence-corrected chi connectivity index (χ3v) is 4.39. The topological polar surface area (TPSA) is 89.9 Å². The molecule has 0 aliphatic carbocycles. The fraction of sp³-hybridized carbons (Fsp3) is 0.438. The van der Waals surface area contributed by atoms with Gasteiger partial charge in [-0.3, -0.25) is 9.59 Å². The van der Waals surface area contributed by atoms with E-state index in [0.29, 0.717) is 32.4 Å². The Hall–Kier alpha value is -2.64. The van der Waals surface area contributed by atoms with E-state index in [1.807, 2.05) is 0 Å². The van der Waals surface area contributed by atoms with E-state index in [-0.39, 0.29) is 23.8 Å². The number of benzene rings is 1. The molecule has 3 amide bonds. The highest BCUT2D eigenvalue weighted by atomic mass is 19.1. The van der Waals surface area contributed by atoms with Crippen molar-refractivity contribution in [1.29, 1.82) is 0 Å². The van der Waals surface area contributed by atoms with Gasteiger partial charge in [-0.05, 0) is 31.0 Å². The van der Waals surface area contributed by atoms with Gasteiger partial charge in [0.25, 0.3) is 0 Å². The zero-order valence-electron chi connectivity index (χ0n) is 13.0. The summed E-state index contributed by atoms with van der Waals surface area (Å²) < 4.78 is 14.2. The largest absolute Gasteiger partial charge is 0.481 e. The van der Waals surface area contributed by atoms with Gasteiger partial charge in [0.15, 0.2) is 0 Å². The number of aliphatic carboxylic acids is 1. The van der Waals surface area contributed by atoms with Crippen LogP contribution >= 0.6 is 0 Å². The molecule has 0 radical (unpaired) electrons. The van der Waals surface area contributed by atoms with Crippen LogP contribution in [0.2, 0.25) is 0 Å². The van der Waals surface area contributed by atoms with Crippen molar-refractivity contribution in [2.45, 2.75) is 19.3 Å². The van der Waals surface area contributed by atoms with Crippen molar-refractivity contribution in [1.82, 2.24) is 4.90 Å². The summed E-state index contributed by atoms with van der Waals surface area (Å²) in [6, 6.07) is 3.72. The van der Waals surface area contributed by atoms with E-state index >= 15 is 0 Å². The first-order chi connectivity index (χ1) is 11.5. The molecular weight excluding hydrogens is 317 g/mol. The highest BCUT2D eigenvalue weighted by Gasteiger charge is 2.31. The molecule has 2 fully saturated rings. The maximum absolute atomic E-state index is 14.2. The van der Waals surface area contributed by atoms with Gasteiger partial charge >= 0.3 is 12.0 Å². The van der Waals surface area contributed by atoms with E-state index in [0.717, 1.165) is 0 Å². The van der Waals surface area contributed by atoms with E-state index in [2.05, 4.69) is 5.32 Å². The maximum Gasteiger partial charge on any atom is 0.321 e. The van der Waals surface area contributed by atoms with Gasteiger partial charge in [-0.25, -0.2) is 9.18 Å². The average Bonchev–Trinajstić information content (AvgIpc) is 3.17. The molecule has 2 heterocycles. The van der Waals surface area contributed by atoms with Gasteiger partial charge in [0.05, 0.1) is 11.6 Å². The Morgan fingerprint density at radius 1 is 1.29 bits per heavy atom. The zero-order chi connectivity index (χ0) is 17.3. The van der Waals surface area contributed by atoms with Crippen LogP contribution < -0.4 is 10.2 Å². The lowest BCUT2D eigenvalue weighted by Crippen LogP contribution is -2.33. The number of rotatable bonds is 3. The fourth-order valence-electron chi connectivity index (χ4n) is 3.06. The standard InChI is InChI=1S/C16H18FN3O4/c17-12-8-11(3-4-13(12)20-6-1-2-14(20)21)18-16(24)19-7-5-10(9-19)15(22)23/h3-4,8,10H,1-2,5-7,9H2,(H,18,24)(H,22,23). The number of nitrogens with one attached hydrogen (secondary N) is 1. The predicted molar refractivity (Wildman–Crippen MR) is 84.3 cm³/mol. The molecule has 2 aliphatic heterocycles. The minimum atomic E-state index is -0.920. The van der Waals surface area contributed by atoms with E-state index < -0.39 is 23.7 Å². The highest BCUT2D eigenvalue weighted by molar-refractivity contribution is 5.96. The summed E-state index contributed by atoms with van der Waals surface area (Å²) in [4.78, 5) is 37.5. The van der Waals surface area contributed by atoms with Crippen molar-refractivity contribution in [2.24, 2.45) is 5.92 Å². The van der Waals surface area contributed by atoms with Crippen LogP contribution in [0.3, 0.4) is 0 Å². The number of anilines is 2. The number of nitrogens with zero attached hydrogens (tertiary/aromatic N) is 2. The van der Waals surface area contributed by atoms with Crippen LogP contribution in [-0.4, -0.2) is 47.5 Å². The number of carbonyl (C=O) groups excluding carboxylic acids is 2. The van der Waals surface area contributed by atoms with E-state index in [1.165, 1.54) is 28.0 Å². The van der Waals surface area contributed by atoms with Crippen molar-refractivity contribution in [3.05, 3.63) is 24.0 Å². The number of hydrogen-bond acceptors (Lipinski definition) is 3. The van der Waals surface area contributed by atoms with Gasteiger partial charge in [0.1, 0.15) is 5.82 Å². The van der Waals surface area contributed by atoms with Crippen molar-refractivity contribution in [3.63, 3.8) is 0 Å². The van der Waals surface area contributed by atoms with Crippen LogP contribution in [-0.2, 0) is 9.59 Å². The lowest BCUT2D eigenvalue weighted by atomic mass is 10.1. The van der Waals surface area contributed by atoms with Crippen LogP contribution in [0.15, 0.2) is 18.2 Å². The molecule has 2 saturated heterocycles. The second-order valence-electron chi connectivity index (χ2n) is 6.02. The number of halogens is 1. The first-order valence-corrected chi connectivity index (χ1v) is 7.84. The molecule has 7 nitrogen and oxygen atoms in total. The molecule has 0 bridgehead atoms. The van der Waals surface area contributed by atoms with Gasteiger partial charge in [-0.15, -0.1) is 0 Å². The molecule has 1 aromatic carbocycles. The Morgan fingerprint density at radius 3 is 2.67 bits per heavy atom. The first kappa shape index (κ1) is 16.2. The van der Waals surface area contributed by atoms with E-state index in [9.17, 15) is 18.8 Å². The Kier molecular flexibility index (Phi) is 4.37. The van der Waals surface area contributed by atoms with Gasteiger partial charge in [-0.2, -0.15) is 0 Å². The van der Waals surface area contributed by atoms with Crippen LogP contribution in [0, 0.1) is 11.7 Å². The molecule has 24 heavy (non-hydrogen) atoms. The monoisotopic (exact) mass is 335 g/mol. The molecule has 2 N–H and O–H groups in total. The van der Waals surface area contributed by atoms with Crippen LogP contribution in [0.25, 0.3) is 0 Å². The third-order valence-electron chi connectivity index (χ3n) is 4.39. The number of urea groups is 1. The Labute approximate surface area is 138 Å². The molecule has 8 heteroatoms. The van der Waals surface area contributed by atoms with E-state index in [1.54, 1.807) is 0 Å². The zero-order valence-corrected chi connectivity index (χ0v) is 13.0. The molecule has 2 aliphatic rings. The van der Waals surface area contributed by atoms with Gasteiger partial charge in [-0.1, -0.05) is 0 Å². The fourth-order valence-corrected chi connectivity index (χ4v) is 3.06. The van der Waals surface area contributed by atoms with Crippen LogP contribution in [0.1, 0.15) is 19.3 Å². The average molecular weight is 335 g/mol. The summed E-state index contributed by atoms with van der Waals surface area (Å²) in [5.74, 6) is -2.16. The van der Waals surface area contributed by atoms with Crippen molar-refractivity contribution in [3.8, 4) is 0 Å². The molecule has 0 saturated carbocycles. The number of hydrogen-bond donors (Lipinski definition) is 2. The van der Waals surface area contributed by atoms with Crippen molar-refractivity contribution in [2.75, 3.05) is 29.9 Å². The smallest absolute Gasteiger partial charge is 0.321 e. The Balaban J connectivity index is 1.66. The summed E-state index contributed by atoms with van der Waals surface area (Å²) >= 11 is 0. The molecular formula is C16H18FN3O4. The first-order valence-electron chi connectivity index (χ1n) is 7.84. The van der Waals surface area contributed by atoms with Gasteiger partial charge in [0.2, 0.25) is 5.91 Å². The number of amides is 3. The molecule has 1 atom stereocenters. The quantitative estimate of drug-likeness (QED) is 0.883. The molecule has 0 spiro atoms. The predicted octanol–water partition coefficient (Wildman–Crippen LogP) is 1.89. The SMILES string of the molecule is O=C(O)C1CCN(C(=O)Nc2ccc(N3CCCC3=O)c(F)c2)C1. The minimum absolute atomic E-state index is 0.109. The third kappa shape index (κ3) is 3.17. The summed E-state index contributed by atoms with van der Waals surface area (Å²) in [6.45, 7) is 0.988. The van der Waals surface area contributed by atoms with Gasteiger partial charge < -0.3 is 20.2 Å². The molecule has 0 aromatic heterocycles. The maximum atomic E-state index is 14.2. The number of likely N-dealkylation sites (tertiary alicyclic amines) is 1. The lowest BCUT2D eigenvalue weighted by molar-refractivity contribution is -0.141. The van der Waals surface area contributed by atoms with Crippen LogP contribution in [0.5, 0.6) is 0 Å². The molecule has 1 aromatic rings. The molecule has 128 valence electrons. The minimum Gasteiger partial charge on any atom is -0.481 e. The Bertz CT molecular complexity index is 694. The van der Waals surface area contributed by atoms with E-state index in [4.69, 9.17) is 5.11 Å². The molecule has 1 unspecified atom stereocenters. The summed E-state index contributed by atoms with van der Waals surface area (Å²) in [6.07, 6.45) is 1.53. The van der Waals surface area contributed by atoms with Crippen molar-refractivity contribution >= 4 is 29.3 Å². The highest BCUT2D eigenvalue weighted by Crippen LogP contribution is 2.27. The molecule has 3 rings (SSSR count). The number of carboxylic acids is 1. The van der Waals surface area contributed by atoms with Gasteiger partial charge in [0, 0.05) is 31.7 Å². The van der Waals surface area contributed by atoms with Crippen LogP contribution in [0.4, 0.5) is 20.6 Å². The second kappa shape index (κ2) is 6.46.